The number of nitrogens with one attached hydrogen (secondary N) is 1. The van der Waals surface area contributed by atoms with E-state index in [4.69, 9.17) is 0 Å². The molecule has 0 radical (unpaired) electrons. The minimum Gasteiger partial charge on any atom is -0.314 e. The van der Waals surface area contributed by atoms with Crippen molar-refractivity contribution in [3.05, 3.63) is 33.1 Å². The Kier molecular flexibility index (Phi) is 9.09. The van der Waals surface area contributed by atoms with E-state index in [-0.39, 0.29) is 24.3 Å². The third-order valence-corrected chi connectivity index (χ3v) is 4.66. The predicted molar refractivity (Wildman–Crippen MR) is 97.7 cm³/mol. The highest BCUT2D eigenvalue weighted by Gasteiger charge is 2.24. The lowest BCUT2D eigenvalue weighted by molar-refractivity contribution is 0.159. The van der Waals surface area contributed by atoms with E-state index in [1.807, 2.05) is 12.1 Å². The summed E-state index contributed by atoms with van der Waals surface area (Å²) in [5.41, 5.74) is 0.884. The first kappa shape index (κ1) is 19.1. The summed E-state index contributed by atoms with van der Waals surface area (Å²) in [6, 6.07) is 5.72. The molecule has 5 heteroatoms. The van der Waals surface area contributed by atoms with Crippen LogP contribution in [0.3, 0.4) is 0 Å². The lowest BCUT2D eigenvalue weighted by Crippen LogP contribution is -2.45. The van der Waals surface area contributed by atoms with Crippen LogP contribution < -0.4 is 5.32 Å². The van der Waals surface area contributed by atoms with E-state index in [2.05, 4.69) is 39.7 Å². The van der Waals surface area contributed by atoms with E-state index in [0.717, 1.165) is 41.7 Å². The van der Waals surface area contributed by atoms with Crippen molar-refractivity contribution in [2.75, 3.05) is 26.2 Å². The Labute approximate surface area is 147 Å². The summed E-state index contributed by atoms with van der Waals surface area (Å²) in [6.07, 6.45) is 4.68. The molecule has 0 saturated carbocycles. The smallest absolute Gasteiger partial charge is 0.128 e. The average Bonchev–Trinajstić information content (AvgIpc) is 2.48. The second-order valence-electron chi connectivity index (χ2n) is 5.46. The Morgan fingerprint density at radius 3 is 2.67 bits per heavy atom. The summed E-state index contributed by atoms with van der Waals surface area (Å²) in [4.78, 5) is 2.45. The van der Waals surface area contributed by atoms with Crippen LogP contribution in [0.1, 0.15) is 44.2 Å². The van der Waals surface area contributed by atoms with E-state index in [9.17, 15) is 4.39 Å². The Bertz CT molecular complexity index is 425. The third kappa shape index (κ3) is 5.66. The summed E-state index contributed by atoms with van der Waals surface area (Å²) in [7, 11) is 0. The fourth-order valence-corrected chi connectivity index (χ4v) is 3.40. The van der Waals surface area contributed by atoms with Gasteiger partial charge in [0.15, 0.2) is 0 Å². The normalized spacial score (nSPS) is 17.3. The van der Waals surface area contributed by atoms with Crippen LogP contribution in [-0.4, -0.2) is 31.1 Å². The van der Waals surface area contributed by atoms with Gasteiger partial charge in [0.2, 0.25) is 0 Å². The Balaban J connectivity index is 0.00000220. The zero-order chi connectivity index (χ0) is 14.4. The molecule has 1 fully saturated rings. The van der Waals surface area contributed by atoms with E-state index < -0.39 is 0 Å². The summed E-state index contributed by atoms with van der Waals surface area (Å²) in [5.74, 6) is -0.0505. The van der Waals surface area contributed by atoms with Crippen LogP contribution in [0.4, 0.5) is 4.39 Å². The number of unbranched alkanes of at least 4 members (excludes halogenated alkanes) is 2. The Morgan fingerprint density at radius 2 is 2.00 bits per heavy atom. The van der Waals surface area contributed by atoms with Gasteiger partial charge in [-0.3, -0.25) is 4.90 Å². The molecule has 0 aliphatic carbocycles. The second-order valence-corrected chi connectivity index (χ2v) is 6.71. The van der Waals surface area contributed by atoms with Crippen molar-refractivity contribution in [3.63, 3.8) is 0 Å². The van der Waals surface area contributed by atoms with Gasteiger partial charge < -0.3 is 5.32 Å². The molecular weight excluding hydrogens is 402 g/mol. The fourth-order valence-electron chi connectivity index (χ4n) is 2.89. The van der Waals surface area contributed by atoms with Crippen molar-refractivity contribution >= 4 is 35.0 Å². The second kappa shape index (κ2) is 9.98. The standard InChI is InChI=1S/C16H24FIN2.ClH/c1-2-3-4-5-16(20-10-8-19-9-11-20)14-12-13(18)6-7-15(14)17;/h6-7,12,16,19H,2-5,8-11H2,1H3;1H/t16-;/m0./s1. The van der Waals surface area contributed by atoms with Gasteiger partial charge in [-0.2, -0.15) is 0 Å². The van der Waals surface area contributed by atoms with E-state index in [0.29, 0.717) is 0 Å². The van der Waals surface area contributed by atoms with Gasteiger partial charge in [0, 0.05) is 41.4 Å². The van der Waals surface area contributed by atoms with Gasteiger partial charge in [0.25, 0.3) is 0 Å². The molecule has 1 atom stereocenters. The molecule has 2 rings (SSSR count). The van der Waals surface area contributed by atoms with Gasteiger partial charge >= 0.3 is 0 Å². The lowest BCUT2D eigenvalue weighted by Gasteiger charge is -2.35. The molecule has 0 spiro atoms. The van der Waals surface area contributed by atoms with Crippen LogP contribution in [0.5, 0.6) is 0 Å². The highest BCUT2D eigenvalue weighted by atomic mass is 127. The molecule has 1 aliphatic rings. The van der Waals surface area contributed by atoms with Crippen LogP contribution in [0, 0.1) is 9.39 Å². The maximum absolute atomic E-state index is 14.2. The fraction of sp³-hybridized carbons (Fsp3) is 0.625. The Hall–Kier alpha value is 0.0900. The zero-order valence-electron chi connectivity index (χ0n) is 12.6. The number of benzene rings is 1. The van der Waals surface area contributed by atoms with Crippen LogP contribution in [0.15, 0.2) is 18.2 Å². The van der Waals surface area contributed by atoms with E-state index >= 15 is 0 Å². The minimum atomic E-state index is -0.0505. The molecule has 1 heterocycles. The summed E-state index contributed by atoms with van der Waals surface area (Å²) >= 11 is 2.27. The maximum Gasteiger partial charge on any atom is 0.128 e. The van der Waals surface area contributed by atoms with Crippen molar-refractivity contribution in [1.29, 1.82) is 0 Å². The highest BCUT2D eigenvalue weighted by molar-refractivity contribution is 14.1. The van der Waals surface area contributed by atoms with Crippen molar-refractivity contribution in [2.45, 2.75) is 38.6 Å². The number of piperazine rings is 1. The van der Waals surface area contributed by atoms with Gasteiger partial charge in [-0.25, -0.2) is 4.39 Å². The van der Waals surface area contributed by atoms with Gasteiger partial charge in [0.05, 0.1) is 0 Å². The number of rotatable bonds is 6. The highest BCUT2D eigenvalue weighted by Crippen LogP contribution is 2.30. The first-order chi connectivity index (χ1) is 9.72. The SMILES string of the molecule is CCCCC[C@@H](c1cc(I)ccc1F)N1CCNCC1.Cl. The Morgan fingerprint density at radius 1 is 1.29 bits per heavy atom. The molecule has 0 amide bonds. The number of halogens is 3. The van der Waals surface area contributed by atoms with Crippen LogP contribution in [0.25, 0.3) is 0 Å². The molecule has 1 aromatic rings. The largest absolute Gasteiger partial charge is 0.314 e. The first-order valence-electron chi connectivity index (χ1n) is 7.62. The van der Waals surface area contributed by atoms with Crippen molar-refractivity contribution < 1.29 is 4.39 Å². The zero-order valence-corrected chi connectivity index (χ0v) is 15.6. The minimum absolute atomic E-state index is 0. The molecule has 1 aromatic carbocycles. The molecule has 120 valence electrons. The van der Waals surface area contributed by atoms with Crippen LogP contribution in [-0.2, 0) is 0 Å². The molecule has 0 unspecified atom stereocenters. The summed E-state index contributed by atoms with van der Waals surface area (Å²) in [6.45, 7) is 6.26. The van der Waals surface area contributed by atoms with Gasteiger partial charge in [-0.1, -0.05) is 26.2 Å². The van der Waals surface area contributed by atoms with Gasteiger partial charge in [0.1, 0.15) is 5.82 Å². The first-order valence-corrected chi connectivity index (χ1v) is 8.70. The van der Waals surface area contributed by atoms with E-state index in [1.165, 1.54) is 19.3 Å². The monoisotopic (exact) mass is 426 g/mol. The third-order valence-electron chi connectivity index (χ3n) is 3.99. The van der Waals surface area contributed by atoms with Gasteiger partial charge in [-0.15, -0.1) is 12.4 Å². The number of nitrogens with zero attached hydrogens (tertiary/aromatic N) is 1. The molecule has 2 nitrogen and oxygen atoms in total. The maximum atomic E-state index is 14.2. The molecule has 1 aliphatic heterocycles. The molecular formula is C16H25ClFIN2. The van der Waals surface area contributed by atoms with E-state index in [1.54, 1.807) is 6.07 Å². The molecule has 1 N–H and O–H groups in total. The molecule has 0 aromatic heterocycles. The molecule has 1 saturated heterocycles. The summed E-state index contributed by atoms with van der Waals surface area (Å²) < 4.78 is 15.4. The predicted octanol–water partition coefficient (Wildman–Crippen LogP) is 4.38. The average molecular weight is 427 g/mol. The molecule has 21 heavy (non-hydrogen) atoms. The summed E-state index contributed by atoms with van der Waals surface area (Å²) in [5, 5.41) is 3.38. The quantitative estimate of drug-likeness (QED) is 0.536. The van der Waals surface area contributed by atoms with Crippen molar-refractivity contribution in [1.82, 2.24) is 10.2 Å². The van der Waals surface area contributed by atoms with Gasteiger partial charge in [-0.05, 0) is 47.2 Å². The van der Waals surface area contributed by atoms with Crippen molar-refractivity contribution in [3.8, 4) is 0 Å². The number of hydrogen-bond acceptors (Lipinski definition) is 2. The topological polar surface area (TPSA) is 15.3 Å². The lowest BCUT2D eigenvalue weighted by atomic mass is 9.97. The van der Waals surface area contributed by atoms with Crippen molar-refractivity contribution in [2.24, 2.45) is 0 Å². The van der Waals surface area contributed by atoms with Crippen LogP contribution in [0.2, 0.25) is 0 Å². The van der Waals surface area contributed by atoms with Crippen LogP contribution >= 0.6 is 35.0 Å². The number of hydrogen-bond donors (Lipinski definition) is 1. The molecule has 0 bridgehead atoms.